The molecule has 1 aliphatic rings. The Bertz CT molecular complexity index is 881. The number of aromatic nitrogens is 2. The van der Waals surface area contributed by atoms with Crippen LogP contribution < -0.4 is 10.6 Å². The second kappa shape index (κ2) is 12.9. The van der Waals surface area contributed by atoms with E-state index in [1.807, 2.05) is 31.2 Å². The molecule has 1 aliphatic heterocycles. The fourth-order valence-corrected chi connectivity index (χ4v) is 5.35. The van der Waals surface area contributed by atoms with Crippen LogP contribution in [0.1, 0.15) is 59.4 Å². The topological polar surface area (TPSA) is 87.2 Å². The third-order valence-corrected chi connectivity index (χ3v) is 7.71. The number of carbonyl (C=O) groups excluding carboxylic acids is 2. The number of anilines is 1. The summed E-state index contributed by atoms with van der Waals surface area (Å²) in [4.78, 5) is 27.1. The van der Waals surface area contributed by atoms with Crippen molar-refractivity contribution in [3.63, 3.8) is 0 Å². The van der Waals surface area contributed by atoms with Crippen LogP contribution in [0.15, 0.2) is 24.3 Å². The first-order valence-corrected chi connectivity index (χ1v) is 13.3. The molecule has 2 aromatic rings. The third kappa shape index (κ3) is 7.86. The standard InChI is InChI=1S/C23H33N5O2S2/c1-17-9-5-6-10-19(17)25-22(30)23-27-26-21(32-23)16-31-15-20(29)24-12-11-18(2)28-13-7-3-4-8-14-28/h5-6,9-10,18H,3-4,7-8,11-16H2,1-2H3,(H,24,29)(H,25,30)/t18-/m0/s1. The molecule has 1 aromatic heterocycles. The number of hydrogen-bond acceptors (Lipinski definition) is 7. The van der Waals surface area contributed by atoms with Gasteiger partial charge in [-0.1, -0.05) is 42.4 Å². The van der Waals surface area contributed by atoms with Crippen LogP contribution in [0, 0.1) is 6.92 Å². The maximum absolute atomic E-state index is 12.4. The van der Waals surface area contributed by atoms with Crippen LogP contribution in [0.4, 0.5) is 5.69 Å². The average Bonchev–Trinajstić information content (AvgIpc) is 3.08. The number of nitrogens with one attached hydrogen (secondary N) is 2. The van der Waals surface area contributed by atoms with Crippen molar-refractivity contribution in [3.05, 3.63) is 39.8 Å². The molecule has 2 N–H and O–H groups in total. The highest BCUT2D eigenvalue weighted by Gasteiger charge is 2.16. The molecule has 1 saturated heterocycles. The molecule has 0 spiro atoms. The minimum Gasteiger partial charge on any atom is -0.355 e. The van der Waals surface area contributed by atoms with Crippen molar-refractivity contribution >= 4 is 40.6 Å². The van der Waals surface area contributed by atoms with Crippen LogP contribution >= 0.6 is 23.1 Å². The average molecular weight is 476 g/mol. The summed E-state index contributed by atoms with van der Waals surface area (Å²) in [6, 6.07) is 8.12. The Morgan fingerprint density at radius 3 is 2.66 bits per heavy atom. The number of benzene rings is 1. The van der Waals surface area contributed by atoms with E-state index in [1.165, 1.54) is 61.9 Å². The highest BCUT2D eigenvalue weighted by atomic mass is 32.2. The molecule has 174 valence electrons. The van der Waals surface area contributed by atoms with Gasteiger partial charge in [0.25, 0.3) is 5.91 Å². The molecule has 0 radical (unpaired) electrons. The van der Waals surface area contributed by atoms with Gasteiger partial charge >= 0.3 is 0 Å². The molecule has 0 aliphatic carbocycles. The van der Waals surface area contributed by atoms with E-state index < -0.39 is 0 Å². The predicted octanol–water partition coefficient (Wildman–Crippen LogP) is 4.10. The maximum atomic E-state index is 12.4. The number of aryl methyl sites for hydroxylation is 1. The van der Waals surface area contributed by atoms with Gasteiger partial charge in [-0.05, 0) is 57.8 Å². The molecular formula is C23H33N5O2S2. The first-order valence-electron chi connectivity index (χ1n) is 11.3. The normalized spacial score (nSPS) is 15.7. The highest BCUT2D eigenvalue weighted by molar-refractivity contribution is 7.99. The number of likely N-dealkylation sites (tertiary alicyclic amines) is 1. The van der Waals surface area contributed by atoms with Gasteiger partial charge < -0.3 is 15.5 Å². The molecule has 1 atom stereocenters. The first-order chi connectivity index (χ1) is 15.5. The van der Waals surface area contributed by atoms with Gasteiger partial charge in [-0.3, -0.25) is 9.59 Å². The van der Waals surface area contributed by atoms with Crippen LogP contribution in [0.3, 0.4) is 0 Å². The molecule has 2 amide bonds. The molecule has 2 heterocycles. The highest BCUT2D eigenvalue weighted by Crippen LogP contribution is 2.19. The summed E-state index contributed by atoms with van der Waals surface area (Å²) in [5.41, 5.74) is 1.76. The SMILES string of the molecule is Cc1ccccc1NC(=O)c1nnc(CSCC(=O)NCC[C@H](C)N2CCCCCC2)s1. The van der Waals surface area contributed by atoms with Gasteiger partial charge in [0.2, 0.25) is 10.9 Å². The lowest BCUT2D eigenvalue weighted by molar-refractivity contribution is -0.118. The smallest absolute Gasteiger partial charge is 0.286 e. The Labute approximate surface area is 198 Å². The van der Waals surface area contributed by atoms with Crippen LogP contribution in [-0.4, -0.2) is 58.3 Å². The Kier molecular flexibility index (Phi) is 9.95. The Morgan fingerprint density at radius 2 is 1.91 bits per heavy atom. The zero-order valence-corrected chi connectivity index (χ0v) is 20.6. The molecule has 0 saturated carbocycles. The quantitative estimate of drug-likeness (QED) is 0.538. The minimum atomic E-state index is -0.260. The molecule has 32 heavy (non-hydrogen) atoms. The fraction of sp³-hybridized carbons (Fsp3) is 0.565. The van der Waals surface area contributed by atoms with Crippen molar-refractivity contribution in [2.24, 2.45) is 0 Å². The van der Waals surface area contributed by atoms with Crippen molar-refractivity contribution in [1.82, 2.24) is 20.4 Å². The summed E-state index contributed by atoms with van der Waals surface area (Å²) < 4.78 is 0. The Morgan fingerprint density at radius 1 is 1.16 bits per heavy atom. The van der Waals surface area contributed by atoms with E-state index in [0.29, 0.717) is 29.1 Å². The zero-order chi connectivity index (χ0) is 22.8. The zero-order valence-electron chi connectivity index (χ0n) is 18.9. The third-order valence-electron chi connectivity index (χ3n) is 5.66. The van der Waals surface area contributed by atoms with Gasteiger partial charge in [0.1, 0.15) is 5.01 Å². The lowest BCUT2D eigenvalue weighted by Gasteiger charge is -2.27. The van der Waals surface area contributed by atoms with Crippen molar-refractivity contribution in [3.8, 4) is 0 Å². The molecule has 9 heteroatoms. The van der Waals surface area contributed by atoms with E-state index in [2.05, 4.69) is 32.7 Å². The van der Waals surface area contributed by atoms with Crippen molar-refractivity contribution in [1.29, 1.82) is 0 Å². The molecule has 1 fully saturated rings. The van der Waals surface area contributed by atoms with E-state index in [-0.39, 0.29) is 11.8 Å². The summed E-state index contributed by atoms with van der Waals surface area (Å²) in [6.07, 6.45) is 6.23. The van der Waals surface area contributed by atoms with E-state index in [1.54, 1.807) is 0 Å². The number of amides is 2. The summed E-state index contributed by atoms with van der Waals surface area (Å²) in [5.74, 6) is 0.722. The molecule has 1 aromatic carbocycles. The van der Waals surface area contributed by atoms with E-state index in [0.717, 1.165) is 22.7 Å². The Balaban J connectivity index is 1.33. The maximum Gasteiger partial charge on any atom is 0.286 e. The number of hydrogen-bond donors (Lipinski definition) is 2. The molecule has 0 bridgehead atoms. The van der Waals surface area contributed by atoms with Gasteiger partial charge in [-0.25, -0.2) is 0 Å². The van der Waals surface area contributed by atoms with Gasteiger partial charge in [0, 0.05) is 24.0 Å². The van der Waals surface area contributed by atoms with E-state index in [9.17, 15) is 9.59 Å². The van der Waals surface area contributed by atoms with Gasteiger partial charge in [-0.2, -0.15) is 0 Å². The summed E-state index contributed by atoms with van der Waals surface area (Å²) in [7, 11) is 0. The summed E-state index contributed by atoms with van der Waals surface area (Å²) >= 11 is 2.75. The van der Waals surface area contributed by atoms with E-state index >= 15 is 0 Å². The molecule has 7 nitrogen and oxygen atoms in total. The van der Waals surface area contributed by atoms with Crippen LogP contribution in [-0.2, 0) is 10.5 Å². The van der Waals surface area contributed by atoms with Crippen LogP contribution in [0.5, 0.6) is 0 Å². The van der Waals surface area contributed by atoms with E-state index in [4.69, 9.17) is 0 Å². The number of carbonyl (C=O) groups is 2. The largest absolute Gasteiger partial charge is 0.355 e. The molecule has 0 unspecified atom stereocenters. The second-order valence-corrected chi connectivity index (χ2v) is 10.2. The minimum absolute atomic E-state index is 0.0418. The van der Waals surface area contributed by atoms with Crippen molar-refractivity contribution in [2.45, 2.75) is 57.7 Å². The van der Waals surface area contributed by atoms with Crippen LogP contribution in [0.25, 0.3) is 0 Å². The second-order valence-electron chi connectivity index (χ2n) is 8.20. The number of para-hydroxylation sites is 1. The number of nitrogens with zero attached hydrogens (tertiary/aromatic N) is 3. The van der Waals surface area contributed by atoms with Gasteiger partial charge in [-0.15, -0.1) is 22.0 Å². The summed E-state index contributed by atoms with van der Waals surface area (Å²) in [6.45, 7) is 7.27. The first kappa shape index (κ1) is 24.7. The van der Waals surface area contributed by atoms with Gasteiger partial charge in [0.05, 0.1) is 5.75 Å². The lowest BCUT2D eigenvalue weighted by atomic mass is 10.2. The molecular weight excluding hydrogens is 442 g/mol. The summed E-state index contributed by atoms with van der Waals surface area (Å²) in [5, 5.41) is 15.1. The number of rotatable bonds is 10. The number of thioether (sulfide) groups is 1. The van der Waals surface area contributed by atoms with Crippen molar-refractivity contribution < 1.29 is 9.59 Å². The van der Waals surface area contributed by atoms with Crippen molar-refractivity contribution in [2.75, 3.05) is 30.7 Å². The predicted molar refractivity (Wildman–Crippen MR) is 132 cm³/mol. The molecule has 3 rings (SSSR count). The van der Waals surface area contributed by atoms with Gasteiger partial charge in [0.15, 0.2) is 0 Å². The lowest BCUT2D eigenvalue weighted by Crippen LogP contribution is -2.37. The monoisotopic (exact) mass is 475 g/mol. The Hall–Kier alpha value is -1.97. The van der Waals surface area contributed by atoms with Crippen LogP contribution in [0.2, 0.25) is 0 Å². The fourth-order valence-electron chi connectivity index (χ4n) is 3.71.